The minimum atomic E-state index is 0. The Morgan fingerprint density at radius 2 is 1.27 bits per heavy atom. The van der Waals surface area contributed by atoms with Gasteiger partial charge in [-0.25, -0.2) is 0 Å². The van der Waals surface area contributed by atoms with Gasteiger partial charge in [-0.15, -0.1) is 4.79 Å². The van der Waals surface area contributed by atoms with Crippen molar-refractivity contribution in [2.75, 3.05) is 0 Å². The van der Waals surface area contributed by atoms with Crippen LogP contribution in [-0.2, 0) is 29.3 Å². The smallest absolute Gasteiger partial charge is 0.358 e. The summed E-state index contributed by atoms with van der Waals surface area (Å²) < 4.78 is 0. The summed E-state index contributed by atoms with van der Waals surface area (Å²) in [6.07, 6.45) is 19.0. The van der Waals surface area contributed by atoms with Gasteiger partial charge in [-0.1, -0.05) is 134 Å². The topological polar surface area (TPSA) is 36.4 Å². The molecule has 0 heterocycles. The molecule has 0 N–H and O–H groups in total. The molecule has 0 radical (unpaired) electrons. The monoisotopic (exact) mass is 600 g/mol. The average molecular weight is 602 g/mol. The van der Waals surface area contributed by atoms with E-state index in [9.17, 15) is 5.53 Å². The Bertz CT molecular complexity index is 1050. The van der Waals surface area contributed by atoms with Gasteiger partial charge in [-0.3, -0.25) is 0 Å². The summed E-state index contributed by atoms with van der Waals surface area (Å²) >= 11 is 0. The van der Waals surface area contributed by atoms with Gasteiger partial charge >= 0.3 is 22.4 Å². The SMILES string of the molecule is CCCCCCCCc1ccc(C(=C(CCCCCC)C(=C=[N+]=[N-])CCCC)c2cccc(CC)c2)cc1.[CH3-].[CH3-].[Ni+2]. The van der Waals surface area contributed by atoms with E-state index < -0.39 is 0 Å². The van der Waals surface area contributed by atoms with Crippen LogP contribution in [-0.4, -0.2) is 10.7 Å². The first-order chi connectivity index (χ1) is 18.7. The van der Waals surface area contributed by atoms with E-state index >= 15 is 0 Å². The molecule has 2 aromatic rings. The third kappa shape index (κ3) is 15.0. The number of allylic oxidation sites excluding steroid dienone is 2. The number of rotatable bonds is 19. The van der Waals surface area contributed by atoms with Gasteiger partial charge in [0.15, 0.2) is 0 Å². The molecule has 0 bridgehead atoms. The third-order valence-electron chi connectivity index (χ3n) is 7.60. The van der Waals surface area contributed by atoms with Gasteiger partial charge in [0.25, 0.3) is 0 Å². The Labute approximate surface area is 264 Å². The van der Waals surface area contributed by atoms with Gasteiger partial charge < -0.3 is 20.4 Å². The predicted molar refractivity (Wildman–Crippen MR) is 179 cm³/mol. The second-order valence-corrected chi connectivity index (χ2v) is 10.7. The molecule has 0 saturated carbocycles. The van der Waals surface area contributed by atoms with Crippen LogP contribution < -0.4 is 0 Å². The fraction of sp³-hybridized carbons (Fsp3) is 0.526. The maximum Gasteiger partial charge on any atom is 2.00 e. The maximum atomic E-state index is 9.56. The van der Waals surface area contributed by atoms with Crippen molar-refractivity contribution in [1.29, 1.82) is 0 Å². The predicted octanol–water partition coefficient (Wildman–Crippen LogP) is 11.8. The largest absolute Gasteiger partial charge is 2.00 e. The Morgan fingerprint density at radius 1 is 0.659 bits per heavy atom. The summed E-state index contributed by atoms with van der Waals surface area (Å²) in [7, 11) is 0. The van der Waals surface area contributed by atoms with Gasteiger partial charge in [-0.2, -0.15) is 0 Å². The molecule has 3 heteroatoms. The van der Waals surface area contributed by atoms with Crippen molar-refractivity contribution in [2.24, 2.45) is 0 Å². The summed E-state index contributed by atoms with van der Waals surface area (Å²) in [5.74, 6) is 3.01. The number of benzene rings is 2. The fourth-order valence-electron chi connectivity index (χ4n) is 5.25. The molecule has 0 aromatic heterocycles. The van der Waals surface area contributed by atoms with E-state index in [0.717, 1.165) is 50.5 Å². The summed E-state index contributed by atoms with van der Waals surface area (Å²) in [6.45, 7) is 8.97. The molecule has 0 aliphatic heterocycles. The van der Waals surface area contributed by atoms with Crippen LogP contribution >= 0.6 is 0 Å². The molecule has 0 spiro atoms. The molecule has 0 aliphatic rings. The molecule has 0 aliphatic carbocycles. The normalized spacial score (nSPS) is 10.7. The molecular formula is C38H58N2Ni. The van der Waals surface area contributed by atoms with Crippen LogP contribution in [0.25, 0.3) is 11.1 Å². The van der Waals surface area contributed by atoms with E-state index in [4.69, 9.17) is 0 Å². The fourth-order valence-corrected chi connectivity index (χ4v) is 5.25. The van der Waals surface area contributed by atoms with Crippen LogP contribution in [0, 0.1) is 14.9 Å². The van der Waals surface area contributed by atoms with Gasteiger partial charge in [-0.05, 0) is 78.3 Å². The molecule has 0 atom stereocenters. The maximum absolute atomic E-state index is 9.56. The van der Waals surface area contributed by atoms with Crippen LogP contribution in [0.4, 0.5) is 0 Å². The molecule has 0 fully saturated rings. The molecule has 2 rings (SSSR count). The van der Waals surface area contributed by atoms with Crippen molar-refractivity contribution in [3.8, 4) is 0 Å². The number of hydrogen-bond donors (Lipinski definition) is 0. The first-order valence-corrected chi connectivity index (χ1v) is 15.6. The van der Waals surface area contributed by atoms with E-state index in [-0.39, 0.29) is 31.3 Å². The zero-order valence-corrected chi connectivity index (χ0v) is 28.1. The van der Waals surface area contributed by atoms with Crippen molar-refractivity contribution < 1.29 is 21.3 Å². The number of hydrogen-bond acceptors (Lipinski definition) is 0. The van der Waals surface area contributed by atoms with E-state index in [1.165, 1.54) is 91.2 Å². The van der Waals surface area contributed by atoms with Crippen LogP contribution in [0.3, 0.4) is 0 Å². The minimum absolute atomic E-state index is 0. The Balaban J connectivity index is 0. The Morgan fingerprint density at radius 3 is 1.88 bits per heavy atom. The summed E-state index contributed by atoms with van der Waals surface area (Å²) in [5.41, 5.74) is 18.5. The Kier molecular flexibility index (Phi) is 25.5. The van der Waals surface area contributed by atoms with Crippen LogP contribution in [0.1, 0.15) is 140 Å². The van der Waals surface area contributed by atoms with Gasteiger partial charge in [0.2, 0.25) is 0 Å². The van der Waals surface area contributed by atoms with E-state index in [0.29, 0.717) is 0 Å². The quantitative estimate of drug-likeness (QED) is 0.0292. The molecule has 230 valence electrons. The molecule has 0 unspecified atom stereocenters. The van der Waals surface area contributed by atoms with E-state index in [2.05, 4.69) is 86.9 Å². The first-order valence-electron chi connectivity index (χ1n) is 15.6. The molecule has 2 nitrogen and oxygen atoms in total. The number of aryl methyl sites for hydroxylation is 2. The zero-order chi connectivity index (χ0) is 27.4. The van der Waals surface area contributed by atoms with Crippen LogP contribution in [0.15, 0.2) is 59.7 Å². The molecular weight excluding hydrogens is 543 g/mol. The molecule has 0 amide bonds. The standard InChI is InChI=1S/C36H52N2.2CH3.Ni/c1-5-9-12-14-15-16-19-31-24-26-32(27-25-31)36(33-22-18-20-30(8-4)28-33)35(23-17-13-10-6-2)34(29-38-37)21-11-7-3;;;/h18,20,22,24-28H,5-17,19,21,23H2,1-4H3;2*1H3;/q;2*-1;+2. The van der Waals surface area contributed by atoms with Gasteiger partial charge in [0, 0.05) is 0 Å². The molecule has 2 aromatic carbocycles. The second-order valence-electron chi connectivity index (χ2n) is 10.7. The molecule has 0 saturated heterocycles. The third-order valence-corrected chi connectivity index (χ3v) is 7.60. The van der Waals surface area contributed by atoms with Crippen molar-refractivity contribution in [2.45, 2.75) is 130 Å². The van der Waals surface area contributed by atoms with Gasteiger partial charge in [0.1, 0.15) is 0 Å². The zero-order valence-electron chi connectivity index (χ0n) is 27.1. The number of unbranched alkanes of at least 4 members (excludes halogenated alkanes) is 9. The summed E-state index contributed by atoms with van der Waals surface area (Å²) in [5, 5.41) is 0. The van der Waals surface area contributed by atoms with Crippen LogP contribution in [0.2, 0.25) is 0 Å². The molecule has 41 heavy (non-hydrogen) atoms. The average Bonchev–Trinajstić information content (AvgIpc) is 2.95. The second kappa shape index (κ2) is 25.5. The minimum Gasteiger partial charge on any atom is -0.358 e. The summed E-state index contributed by atoms with van der Waals surface area (Å²) in [6, 6.07) is 18.3. The van der Waals surface area contributed by atoms with E-state index in [1.54, 1.807) is 0 Å². The van der Waals surface area contributed by atoms with Crippen molar-refractivity contribution in [1.82, 2.24) is 0 Å². The number of nitrogens with zero attached hydrogens (tertiary/aromatic N) is 2. The van der Waals surface area contributed by atoms with Crippen molar-refractivity contribution in [3.05, 3.63) is 102 Å². The summed E-state index contributed by atoms with van der Waals surface area (Å²) in [4.78, 5) is 3.41. The van der Waals surface area contributed by atoms with E-state index in [1.807, 2.05) is 0 Å². The van der Waals surface area contributed by atoms with Crippen LogP contribution in [0.5, 0.6) is 0 Å². The van der Waals surface area contributed by atoms with Crippen molar-refractivity contribution >= 4 is 11.4 Å². The van der Waals surface area contributed by atoms with Crippen molar-refractivity contribution in [3.63, 3.8) is 0 Å². The Hall–Kier alpha value is -2.17. The first kappa shape index (κ1) is 41.0. The van der Waals surface area contributed by atoms with Gasteiger partial charge in [0.05, 0.1) is 5.57 Å².